The molecule has 0 saturated carbocycles. The normalized spacial score (nSPS) is 15.3. The summed E-state index contributed by atoms with van der Waals surface area (Å²) in [5.41, 5.74) is -0.870. The average Bonchev–Trinajstić information content (AvgIpc) is 2.47. The Morgan fingerprint density at radius 1 is 1.30 bits per heavy atom. The number of carbonyl (C=O) groups excluding carboxylic acids is 1. The van der Waals surface area contributed by atoms with Crippen molar-refractivity contribution in [2.24, 2.45) is 0 Å². The third-order valence-electron chi connectivity index (χ3n) is 3.26. The zero-order chi connectivity index (χ0) is 14.5. The van der Waals surface area contributed by atoms with Crippen molar-refractivity contribution in [2.45, 2.75) is 26.4 Å². The van der Waals surface area contributed by atoms with Crippen molar-refractivity contribution in [2.75, 3.05) is 26.3 Å². The zero-order valence-electron chi connectivity index (χ0n) is 11.6. The summed E-state index contributed by atoms with van der Waals surface area (Å²) in [6, 6.07) is 1.32. The Bertz CT molecular complexity index is 584. The van der Waals surface area contributed by atoms with Gasteiger partial charge >= 0.3 is 5.69 Å². The molecule has 7 nitrogen and oxygen atoms in total. The Morgan fingerprint density at radius 2 is 2.00 bits per heavy atom. The van der Waals surface area contributed by atoms with Gasteiger partial charge in [-0.2, -0.15) is 0 Å². The fourth-order valence-corrected chi connectivity index (χ4v) is 2.16. The van der Waals surface area contributed by atoms with Gasteiger partial charge in [0.25, 0.3) is 5.56 Å². The number of amides is 1. The lowest BCUT2D eigenvalue weighted by Gasteiger charge is -2.26. The molecule has 0 unspecified atom stereocenters. The number of aromatic nitrogens is 2. The molecule has 0 atom stereocenters. The first-order valence-corrected chi connectivity index (χ1v) is 6.79. The van der Waals surface area contributed by atoms with E-state index in [-0.39, 0.29) is 12.5 Å². The molecule has 0 bridgehead atoms. The van der Waals surface area contributed by atoms with Crippen molar-refractivity contribution in [1.82, 2.24) is 14.0 Å². The van der Waals surface area contributed by atoms with Gasteiger partial charge in [-0.25, -0.2) is 4.79 Å². The lowest BCUT2D eigenvalue weighted by molar-refractivity contribution is -0.136. The molecule has 0 radical (unpaired) electrons. The van der Waals surface area contributed by atoms with E-state index in [0.717, 1.165) is 11.0 Å². The Kier molecular flexibility index (Phi) is 4.73. The number of carbonyl (C=O) groups is 1. The van der Waals surface area contributed by atoms with Gasteiger partial charge < -0.3 is 14.2 Å². The molecule has 1 aliphatic rings. The highest BCUT2D eigenvalue weighted by Gasteiger charge is 2.18. The minimum absolute atomic E-state index is 0.206. The summed E-state index contributed by atoms with van der Waals surface area (Å²) in [7, 11) is 0. The third kappa shape index (κ3) is 3.16. The van der Waals surface area contributed by atoms with Crippen molar-refractivity contribution in [3.63, 3.8) is 0 Å². The van der Waals surface area contributed by atoms with E-state index in [2.05, 4.69) is 0 Å². The molecular weight excluding hydrogens is 262 g/mol. The van der Waals surface area contributed by atoms with Crippen LogP contribution in [0.1, 0.15) is 13.3 Å². The van der Waals surface area contributed by atoms with Crippen LogP contribution in [0.5, 0.6) is 0 Å². The Morgan fingerprint density at radius 3 is 2.65 bits per heavy atom. The number of rotatable bonds is 4. The molecule has 2 rings (SSSR count). The van der Waals surface area contributed by atoms with Gasteiger partial charge in [-0.05, 0) is 6.42 Å². The summed E-state index contributed by atoms with van der Waals surface area (Å²) in [6.45, 7) is 4.27. The molecule has 0 spiro atoms. The molecule has 1 aromatic heterocycles. The van der Waals surface area contributed by atoms with Gasteiger partial charge in [0.15, 0.2) is 0 Å². The molecule has 1 amide bonds. The summed E-state index contributed by atoms with van der Waals surface area (Å²) in [4.78, 5) is 37.6. The van der Waals surface area contributed by atoms with Crippen LogP contribution < -0.4 is 11.2 Å². The van der Waals surface area contributed by atoms with Crippen LogP contribution in [-0.2, 0) is 22.6 Å². The van der Waals surface area contributed by atoms with Gasteiger partial charge in [0.1, 0.15) is 6.54 Å². The van der Waals surface area contributed by atoms with E-state index < -0.39 is 11.2 Å². The summed E-state index contributed by atoms with van der Waals surface area (Å²) < 4.78 is 7.62. The predicted molar refractivity (Wildman–Crippen MR) is 72.7 cm³/mol. The van der Waals surface area contributed by atoms with Crippen molar-refractivity contribution < 1.29 is 9.53 Å². The Balaban J connectivity index is 2.19. The first-order valence-electron chi connectivity index (χ1n) is 6.79. The van der Waals surface area contributed by atoms with Crippen LogP contribution >= 0.6 is 0 Å². The summed E-state index contributed by atoms with van der Waals surface area (Å²) in [5, 5.41) is 0. The summed E-state index contributed by atoms with van der Waals surface area (Å²) >= 11 is 0. The van der Waals surface area contributed by atoms with Crippen molar-refractivity contribution in [3.05, 3.63) is 33.1 Å². The van der Waals surface area contributed by atoms with Gasteiger partial charge in [0, 0.05) is 31.9 Å². The molecule has 0 N–H and O–H groups in total. The number of morpholine rings is 1. The largest absolute Gasteiger partial charge is 0.378 e. The molecule has 1 saturated heterocycles. The fraction of sp³-hybridized carbons (Fsp3) is 0.615. The molecule has 20 heavy (non-hydrogen) atoms. The smallest absolute Gasteiger partial charge is 0.331 e. The van der Waals surface area contributed by atoms with Crippen molar-refractivity contribution in [1.29, 1.82) is 0 Å². The maximum absolute atomic E-state index is 12.1. The third-order valence-corrected chi connectivity index (χ3v) is 3.26. The van der Waals surface area contributed by atoms with Crippen LogP contribution in [0.4, 0.5) is 0 Å². The monoisotopic (exact) mass is 281 g/mol. The first kappa shape index (κ1) is 14.5. The first-order chi connectivity index (χ1) is 9.63. The van der Waals surface area contributed by atoms with Crippen LogP contribution in [-0.4, -0.2) is 46.2 Å². The number of nitrogens with zero attached hydrogens (tertiary/aromatic N) is 3. The summed E-state index contributed by atoms with van der Waals surface area (Å²) in [5.74, 6) is -0.221. The number of aryl methyl sites for hydroxylation is 1. The van der Waals surface area contributed by atoms with Crippen LogP contribution in [0.25, 0.3) is 0 Å². The van der Waals surface area contributed by atoms with Gasteiger partial charge in [-0.1, -0.05) is 6.92 Å². The fourth-order valence-electron chi connectivity index (χ4n) is 2.16. The molecule has 0 aromatic carbocycles. The van der Waals surface area contributed by atoms with E-state index in [4.69, 9.17) is 4.74 Å². The van der Waals surface area contributed by atoms with Gasteiger partial charge in [0.2, 0.25) is 5.91 Å². The van der Waals surface area contributed by atoms with E-state index >= 15 is 0 Å². The van der Waals surface area contributed by atoms with E-state index in [1.54, 1.807) is 4.90 Å². The van der Waals surface area contributed by atoms with E-state index in [9.17, 15) is 14.4 Å². The van der Waals surface area contributed by atoms with E-state index in [1.807, 2.05) is 6.92 Å². The van der Waals surface area contributed by atoms with Crippen LogP contribution in [0, 0.1) is 0 Å². The molecule has 2 heterocycles. The Hall–Kier alpha value is -1.89. The minimum atomic E-state index is -0.441. The van der Waals surface area contributed by atoms with Gasteiger partial charge in [0.05, 0.1) is 13.2 Å². The molecule has 1 aromatic rings. The van der Waals surface area contributed by atoms with Gasteiger partial charge in [-0.3, -0.25) is 14.2 Å². The average molecular weight is 281 g/mol. The highest BCUT2D eigenvalue weighted by molar-refractivity contribution is 5.76. The quantitative estimate of drug-likeness (QED) is 0.730. The standard InChI is InChI=1S/C13H19N3O4/c1-2-4-15-5-3-11(17)16(13(15)19)10-12(18)14-6-8-20-9-7-14/h3,5H,2,4,6-10H2,1H3. The highest BCUT2D eigenvalue weighted by Crippen LogP contribution is 1.98. The Labute approximate surface area is 116 Å². The topological polar surface area (TPSA) is 73.5 Å². The van der Waals surface area contributed by atoms with Crippen molar-refractivity contribution >= 4 is 5.91 Å². The SMILES string of the molecule is CCCn1ccc(=O)n(CC(=O)N2CCOCC2)c1=O. The van der Waals surface area contributed by atoms with E-state index in [0.29, 0.717) is 32.8 Å². The maximum Gasteiger partial charge on any atom is 0.331 e. The maximum atomic E-state index is 12.1. The second-order valence-corrected chi connectivity index (χ2v) is 4.71. The zero-order valence-corrected chi connectivity index (χ0v) is 11.6. The molecular formula is C13H19N3O4. The molecule has 1 fully saturated rings. The van der Waals surface area contributed by atoms with Gasteiger partial charge in [-0.15, -0.1) is 0 Å². The van der Waals surface area contributed by atoms with Crippen LogP contribution in [0.2, 0.25) is 0 Å². The van der Waals surface area contributed by atoms with E-state index in [1.165, 1.54) is 16.8 Å². The molecule has 0 aliphatic carbocycles. The second-order valence-electron chi connectivity index (χ2n) is 4.71. The number of hydrogen-bond donors (Lipinski definition) is 0. The van der Waals surface area contributed by atoms with Crippen LogP contribution in [0.15, 0.2) is 21.9 Å². The second kappa shape index (κ2) is 6.51. The number of ether oxygens (including phenoxy) is 1. The predicted octanol–water partition coefficient (Wildman–Crippen LogP) is -0.721. The van der Waals surface area contributed by atoms with Crippen molar-refractivity contribution in [3.8, 4) is 0 Å². The lowest BCUT2D eigenvalue weighted by atomic mass is 10.4. The highest BCUT2D eigenvalue weighted by atomic mass is 16.5. The molecule has 7 heteroatoms. The van der Waals surface area contributed by atoms with Crippen LogP contribution in [0.3, 0.4) is 0 Å². The lowest BCUT2D eigenvalue weighted by Crippen LogP contribution is -2.47. The minimum Gasteiger partial charge on any atom is -0.378 e. The molecule has 110 valence electrons. The number of hydrogen-bond acceptors (Lipinski definition) is 4. The summed E-state index contributed by atoms with van der Waals surface area (Å²) in [6.07, 6.45) is 2.26. The molecule has 1 aliphatic heterocycles.